The second kappa shape index (κ2) is 5.99. The number of rotatable bonds is 3. The van der Waals surface area contributed by atoms with Gasteiger partial charge in [-0.3, -0.25) is 9.36 Å². The third-order valence-corrected chi connectivity index (χ3v) is 4.97. The van der Waals surface area contributed by atoms with Gasteiger partial charge in [0.1, 0.15) is 5.75 Å². The van der Waals surface area contributed by atoms with Gasteiger partial charge in [-0.2, -0.15) is 0 Å². The summed E-state index contributed by atoms with van der Waals surface area (Å²) in [7, 11) is 1.64. The van der Waals surface area contributed by atoms with Gasteiger partial charge in [0.2, 0.25) is 0 Å². The zero-order valence-corrected chi connectivity index (χ0v) is 14.8. The molecule has 0 saturated carbocycles. The minimum atomic E-state index is -0.0389. The van der Waals surface area contributed by atoms with Crippen molar-refractivity contribution in [2.45, 2.75) is 6.54 Å². The number of nitrogens with zero attached hydrogens (tertiary/aromatic N) is 2. The van der Waals surface area contributed by atoms with Crippen molar-refractivity contribution >= 4 is 32.7 Å². The van der Waals surface area contributed by atoms with Crippen LogP contribution in [0, 0.1) is 0 Å². The largest absolute Gasteiger partial charge is 0.497 e. The number of ether oxygens (including phenoxy) is 1. The molecule has 0 unspecified atom stereocenters. The Morgan fingerprint density at radius 2 is 1.78 bits per heavy atom. The monoisotopic (exact) mass is 355 g/mol. The van der Waals surface area contributed by atoms with Crippen molar-refractivity contribution in [1.29, 1.82) is 0 Å². The molecule has 5 rings (SSSR count). The van der Waals surface area contributed by atoms with E-state index in [-0.39, 0.29) is 5.56 Å². The Kier molecular flexibility index (Phi) is 3.47. The topological polar surface area (TPSA) is 59.9 Å². The van der Waals surface area contributed by atoms with E-state index in [2.05, 4.69) is 16.0 Å². The van der Waals surface area contributed by atoms with Crippen LogP contribution in [-0.4, -0.2) is 21.6 Å². The van der Waals surface area contributed by atoms with E-state index in [1.165, 1.54) is 0 Å². The van der Waals surface area contributed by atoms with Crippen LogP contribution >= 0.6 is 0 Å². The smallest absolute Gasteiger partial charge is 0.261 e. The van der Waals surface area contributed by atoms with Crippen molar-refractivity contribution in [2.75, 3.05) is 7.11 Å². The molecule has 0 radical (unpaired) electrons. The first-order chi connectivity index (χ1) is 13.2. The lowest BCUT2D eigenvalue weighted by Gasteiger charge is -2.08. The molecule has 2 aromatic heterocycles. The number of hydrogen-bond donors (Lipinski definition) is 1. The average Bonchev–Trinajstić information content (AvgIpc) is 3.09. The fraction of sp³-hybridized carbons (Fsp3) is 0.0909. The van der Waals surface area contributed by atoms with E-state index in [4.69, 9.17) is 4.74 Å². The van der Waals surface area contributed by atoms with Gasteiger partial charge in [0, 0.05) is 21.8 Å². The Hall–Kier alpha value is -3.60. The SMILES string of the molecule is COc1ccc(Cn2cnc3c(ccc4[nH]c5ccccc5c43)c2=O)cc1. The zero-order chi connectivity index (χ0) is 18.4. The van der Waals surface area contributed by atoms with Crippen LogP contribution in [0.1, 0.15) is 5.56 Å². The summed E-state index contributed by atoms with van der Waals surface area (Å²) in [6.45, 7) is 0.470. The van der Waals surface area contributed by atoms with Crippen molar-refractivity contribution in [2.24, 2.45) is 0 Å². The number of para-hydroxylation sites is 1. The summed E-state index contributed by atoms with van der Waals surface area (Å²) in [6, 6.07) is 19.6. The molecule has 2 heterocycles. The molecule has 0 aliphatic carbocycles. The molecular weight excluding hydrogens is 338 g/mol. The fourth-order valence-corrected chi connectivity index (χ4v) is 3.60. The maximum atomic E-state index is 13.0. The Morgan fingerprint density at radius 1 is 0.963 bits per heavy atom. The van der Waals surface area contributed by atoms with Crippen molar-refractivity contribution < 1.29 is 4.74 Å². The summed E-state index contributed by atoms with van der Waals surface area (Å²) in [4.78, 5) is 21.1. The first-order valence-electron chi connectivity index (χ1n) is 8.76. The Balaban J connectivity index is 1.67. The summed E-state index contributed by atoms with van der Waals surface area (Å²) in [5.74, 6) is 0.796. The normalized spacial score (nSPS) is 11.4. The molecule has 27 heavy (non-hydrogen) atoms. The highest BCUT2D eigenvalue weighted by Gasteiger charge is 2.12. The number of fused-ring (bicyclic) bond motifs is 5. The fourth-order valence-electron chi connectivity index (χ4n) is 3.60. The summed E-state index contributed by atoms with van der Waals surface area (Å²) in [5.41, 5.74) is 3.75. The predicted octanol–water partition coefficient (Wildman–Crippen LogP) is 4.09. The van der Waals surface area contributed by atoms with E-state index in [9.17, 15) is 4.79 Å². The van der Waals surface area contributed by atoms with E-state index in [1.54, 1.807) is 18.0 Å². The summed E-state index contributed by atoms with van der Waals surface area (Å²) >= 11 is 0. The van der Waals surface area contributed by atoms with Crippen LogP contribution in [0.25, 0.3) is 32.7 Å². The van der Waals surface area contributed by atoms with Crippen LogP contribution in [-0.2, 0) is 6.54 Å². The molecule has 0 aliphatic heterocycles. The maximum Gasteiger partial charge on any atom is 0.261 e. The highest BCUT2D eigenvalue weighted by atomic mass is 16.5. The number of H-pyrrole nitrogens is 1. The minimum absolute atomic E-state index is 0.0389. The quantitative estimate of drug-likeness (QED) is 0.530. The second-order valence-corrected chi connectivity index (χ2v) is 6.58. The molecule has 0 bridgehead atoms. The third-order valence-electron chi connectivity index (χ3n) is 4.97. The van der Waals surface area contributed by atoms with Crippen LogP contribution in [0.5, 0.6) is 5.75 Å². The Morgan fingerprint density at radius 3 is 2.59 bits per heavy atom. The van der Waals surface area contributed by atoms with E-state index in [0.717, 1.165) is 38.6 Å². The minimum Gasteiger partial charge on any atom is -0.497 e. The highest BCUT2D eigenvalue weighted by Crippen LogP contribution is 2.29. The number of hydrogen-bond acceptors (Lipinski definition) is 3. The molecule has 0 atom stereocenters. The van der Waals surface area contributed by atoms with Crippen LogP contribution < -0.4 is 10.3 Å². The molecule has 0 spiro atoms. The molecule has 0 saturated heterocycles. The van der Waals surface area contributed by atoms with Crippen molar-refractivity contribution in [3.63, 3.8) is 0 Å². The Labute approximate surface area is 154 Å². The van der Waals surface area contributed by atoms with Gasteiger partial charge in [0.25, 0.3) is 5.56 Å². The van der Waals surface area contributed by atoms with Gasteiger partial charge in [-0.05, 0) is 35.9 Å². The molecule has 132 valence electrons. The lowest BCUT2D eigenvalue weighted by Crippen LogP contribution is -2.21. The molecule has 1 N–H and O–H groups in total. The summed E-state index contributed by atoms with van der Waals surface area (Å²) in [5, 5.41) is 2.71. The number of aromatic amines is 1. The van der Waals surface area contributed by atoms with E-state index >= 15 is 0 Å². The maximum absolute atomic E-state index is 13.0. The molecular formula is C22H17N3O2. The molecule has 3 aromatic carbocycles. The van der Waals surface area contributed by atoms with Crippen LogP contribution in [0.3, 0.4) is 0 Å². The van der Waals surface area contributed by atoms with Crippen LogP contribution in [0.2, 0.25) is 0 Å². The van der Waals surface area contributed by atoms with Gasteiger partial charge < -0.3 is 9.72 Å². The zero-order valence-electron chi connectivity index (χ0n) is 14.8. The van der Waals surface area contributed by atoms with Gasteiger partial charge in [-0.25, -0.2) is 4.98 Å². The van der Waals surface area contributed by atoms with E-state index < -0.39 is 0 Å². The average molecular weight is 355 g/mol. The van der Waals surface area contributed by atoms with Gasteiger partial charge in [-0.15, -0.1) is 0 Å². The lowest BCUT2D eigenvalue weighted by atomic mass is 10.1. The lowest BCUT2D eigenvalue weighted by molar-refractivity contribution is 0.414. The van der Waals surface area contributed by atoms with Crippen LogP contribution in [0.15, 0.2) is 71.8 Å². The third kappa shape index (κ3) is 2.47. The van der Waals surface area contributed by atoms with Crippen LogP contribution in [0.4, 0.5) is 0 Å². The van der Waals surface area contributed by atoms with Crippen molar-refractivity contribution in [3.8, 4) is 5.75 Å². The first kappa shape index (κ1) is 15.6. The summed E-state index contributed by atoms with van der Waals surface area (Å²) < 4.78 is 6.83. The van der Waals surface area contributed by atoms with Gasteiger partial charge in [0.05, 0.1) is 30.9 Å². The van der Waals surface area contributed by atoms with Crippen molar-refractivity contribution in [1.82, 2.24) is 14.5 Å². The van der Waals surface area contributed by atoms with E-state index in [0.29, 0.717) is 11.9 Å². The summed E-state index contributed by atoms with van der Waals surface area (Å²) in [6.07, 6.45) is 1.64. The molecule has 5 nitrogen and oxygen atoms in total. The molecule has 0 aliphatic rings. The second-order valence-electron chi connectivity index (χ2n) is 6.58. The molecule has 0 fully saturated rings. The van der Waals surface area contributed by atoms with Gasteiger partial charge in [0.15, 0.2) is 0 Å². The van der Waals surface area contributed by atoms with Gasteiger partial charge in [-0.1, -0.05) is 30.3 Å². The Bertz CT molecular complexity index is 1350. The van der Waals surface area contributed by atoms with Crippen molar-refractivity contribution in [3.05, 3.63) is 82.9 Å². The van der Waals surface area contributed by atoms with Gasteiger partial charge >= 0.3 is 0 Å². The highest BCUT2D eigenvalue weighted by molar-refractivity contribution is 6.18. The number of nitrogens with one attached hydrogen (secondary N) is 1. The number of aromatic nitrogens is 3. The standard InChI is InChI=1S/C22H17N3O2/c1-27-15-8-6-14(7-9-15)12-25-13-23-21-17(22(25)26)10-11-19-20(21)16-4-2-3-5-18(16)24-19/h2-11,13,24H,12H2,1H3. The van der Waals surface area contributed by atoms with E-state index in [1.807, 2.05) is 54.6 Å². The molecule has 5 aromatic rings. The predicted molar refractivity (Wildman–Crippen MR) is 107 cm³/mol. The molecule has 0 amide bonds. The first-order valence-corrected chi connectivity index (χ1v) is 8.76. The molecule has 5 heteroatoms. The number of methoxy groups -OCH3 is 1. The number of benzene rings is 3.